The summed E-state index contributed by atoms with van der Waals surface area (Å²) in [5.74, 6) is -47.0. The van der Waals surface area contributed by atoms with Crippen LogP contribution in [0.2, 0.25) is 0 Å². The van der Waals surface area contributed by atoms with Gasteiger partial charge in [0.05, 0.1) is 0 Å². The van der Waals surface area contributed by atoms with Crippen LogP contribution in [-0.2, 0) is 4.74 Å². The lowest BCUT2D eigenvalue weighted by Crippen LogP contribution is -2.72. The average Bonchev–Trinajstić information content (AvgIpc) is 2.43. The van der Waals surface area contributed by atoms with Crippen LogP contribution in [0.3, 0.4) is 0 Å². The highest BCUT2D eigenvalue weighted by atomic mass is 19.4. The molecule has 1 unspecified atom stereocenters. The van der Waals surface area contributed by atoms with Crippen molar-refractivity contribution in [1.82, 2.24) is 0 Å². The van der Waals surface area contributed by atoms with Crippen molar-refractivity contribution in [3.8, 4) is 0 Å². The van der Waals surface area contributed by atoms with Crippen LogP contribution in [0, 0.1) is 0 Å². The van der Waals surface area contributed by atoms with Crippen molar-refractivity contribution in [3.63, 3.8) is 0 Å². The third-order valence-corrected chi connectivity index (χ3v) is 2.98. The molecule has 0 amide bonds. The van der Waals surface area contributed by atoms with Gasteiger partial charge in [-0.1, -0.05) is 0 Å². The fourth-order valence-corrected chi connectivity index (χ4v) is 1.53. The Labute approximate surface area is 124 Å². The van der Waals surface area contributed by atoms with Crippen molar-refractivity contribution in [1.29, 1.82) is 0 Å². The van der Waals surface area contributed by atoms with Crippen LogP contribution in [-0.4, -0.2) is 47.8 Å². The molecular weight excluding hydrogens is 416 g/mol. The second-order valence-electron chi connectivity index (χ2n) is 4.58. The summed E-state index contributed by atoms with van der Waals surface area (Å²) in [6.07, 6.45) is -14.6. The summed E-state index contributed by atoms with van der Waals surface area (Å²) >= 11 is 0. The Morgan fingerprint density at radius 3 is 1.12 bits per heavy atom. The van der Waals surface area contributed by atoms with Gasteiger partial charge in [0.1, 0.15) is 0 Å². The van der Waals surface area contributed by atoms with E-state index < -0.39 is 47.8 Å². The monoisotopic (exact) mass is 416 g/mol. The average molecular weight is 416 g/mol. The molecule has 0 radical (unpaired) electrons. The fourth-order valence-electron chi connectivity index (χ4n) is 1.53. The molecule has 0 spiro atoms. The van der Waals surface area contributed by atoms with E-state index in [1.54, 1.807) is 4.74 Å². The van der Waals surface area contributed by atoms with E-state index in [1.165, 1.54) is 0 Å². The molecule has 17 heteroatoms. The molecule has 0 aliphatic carbocycles. The molecule has 0 saturated carbocycles. The maximum absolute atomic E-state index is 13.4. The van der Waals surface area contributed by atoms with Gasteiger partial charge in [-0.25, -0.2) is 0 Å². The van der Waals surface area contributed by atoms with Gasteiger partial charge in [-0.15, -0.1) is 0 Å². The number of halogens is 16. The summed E-state index contributed by atoms with van der Waals surface area (Å²) in [4.78, 5) is 0. The minimum absolute atomic E-state index is 1.60. The van der Waals surface area contributed by atoms with E-state index in [0.717, 1.165) is 0 Å². The van der Waals surface area contributed by atoms with E-state index in [4.69, 9.17) is 0 Å². The lowest BCUT2D eigenvalue weighted by Gasteiger charge is -2.39. The maximum Gasteiger partial charge on any atom is 0.460 e. The highest BCUT2D eigenvalue weighted by molar-refractivity contribution is 5.18. The van der Waals surface area contributed by atoms with Crippen LogP contribution in [0.25, 0.3) is 0 Å². The molecule has 1 aliphatic heterocycles. The molecule has 1 fully saturated rings. The summed E-state index contributed by atoms with van der Waals surface area (Å²) in [6.45, 7) is 0. The predicted molar refractivity (Wildman–Crippen MR) is 40.7 cm³/mol. The highest BCUT2D eigenvalue weighted by Crippen LogP contribution is 2.68. The second kappa shape index (κ2) is 4.76. The first-order valence-electron chi connectivity index (χ1n) is 5.18. The summed E-state index contributed by atoms with van der Waals surface area (Å²) in [5.41, 5.74) is 0. The smallest absolute Gasteiger partial charge is 0.267 e. The van der Waals surface area contributed by atoms with Gasteiger partial charge in [0.15, 0.2) is 0 Å². The molecule has 1 atom stereocenters. The number of hydrogen-bond donors (Lipinski definition) is 0. The molecular formula is C8F16O. The molecule has 0 bridgehead atoms. The van der Waals surface area contributed by atoms with E-state index in [0.29, 0.717) is 0 Å². The van der Waals surface area contributed by atoms with Gasteiger partial charge in [-0.3, -0.25) is 4.74 Å². The van der Waals surface area contributed by atoms with Gasteiger partial charge < -0.3 is 0 Å². The fraction of sp³-hybridized carbons (Fsp3) is 1.00. The SMILES string of the molecule is FC(F)(F)C(F)(F)C(F)(F)C(F)(F)C1(F)OC(F)(F)C(F)(F)C1(F)F. The normalized spacial score (nSPS) is 29.8. The van der Waals surface area contributed by atoms with Crippen molar-refractivity contribution in [3.05, 3.63) is 0 Å². The van der Waals surface area contributed by atoms with E-state index in [1.807, 2.05) is 0 Å². The molecule has 0 aromatic rings. The first-order valence-corrected chi connectivity index (χ1v) is 5.18. The Bertz CT molecular complexity index is 545. The molecule has 0 aromatic heterocycles. The van der Waals surface area contributed by atoms with Crippen molar-refractivity contribution in [2.75, 3.05) is 0 Å². The van der Waals surface area contributed by atoms with Gasteiger partial charge in [0.2, 0.25) is 0 Å². The summed E-state index contributed by atoms with van der Waals surface area (Å²) < 4.78 is 203. The third-order valence-electron chi connectivity index (χ3n) is 2.98. The number of alkyl halides is 16. The minimum Gasteiger partial charge on any atom is -0.267 e. The third kappa shape index (κ3) is 2.16. The number of hydrogen-bond acceptors (Lipinski definition) is 1. The molecule has 1 aliphatic rings. The number of rotatable bonds is 3. The number of ether oxygens (including phenoxy) is 1. The van der Waals surface area contributed by atoms with E-state index in [-0.39, 0.29) is 0 Å². The molecule has 0 aromatic carbocycles. The maximum atomic E-state index is 13.4. The molecule has 150 valence electrons. The largest absolute Gasteiger partial charge is 0.460 e. The molecule has 1 heterocycles. The van der Waals surface area contributed by atoms with Crippen LogP contribution in [0.15, 0.2) is 0 Å². The molecule has 0 N–H and O–H groups in total. The molecule has 1 nitrogen and oxygen atoms in total. The van der Waals surface area contributed by atoms with Gasteiger partial charge in [-0.2, -0.15) is 70.2 Å². The first kappa shape index (κ1) is 21.9. The van der Waals surface area contributed by atoms with Gasteiger partial charge in [-0.05, 0) is 0 Å². The molecule has 25 heavy (non-hydrogen) atoms. The van der Waals surface area contributed by atoms with Gasteiger partial charge >= 0.3 is 47.8 Å². The van der Waals surface area contributed by atoms with Crippen molar-refractivity contribution >= 4 is 0 Å². The topological polar surface area (TPSA) is 9.23 Å². The van der Waals surface area contributed by atoms with Crippen LogP contribution in [0.4, 0.5) is 70.2 Å². The minimum atomic E-state index is -8.24. The van der Waals surface area contributed by atoms with Crippen LogP contribution < -0.4 is 0 Å². The predicted octanol–water partition coefficient (Wildman–Crippen LogP) is 5.01. The Hall–Kier alpha value is -1.16. The summed E-state index contributed by atoms with van der Waals surface area (Å²) in [6, 6.07) is 0. The van der Waals surface area contributed by atoms with Crippen LogP contribution >= 0.6 is 0 Å². The van der Waals surface area contributed by atoms with Gasteiger partial charge in [0.25, 0.3) is 0 Å². The lowest BCUT2D eigenvalue weighted by molar-refractivity contribution is -0.459. The summed E-state index contributed by atoms with van der Waals surface area (Å²) in [7, 11) is 0. The molecule has 1 saturated heterocycles. The van der Waals surface area contributed by atoms with Crippen molar-refractivity contribution in [2.24, 2.45) is 0 Å². The zero-order valence-corrected chi connectivity index (χ0v) is 10.5. The quantitative estimate of drug-likeness (QED) is 0.588. The van der Waals surface area contributed by atoms with Gasteiger partial charge in [0, 0.05) is 0 Å². The van der Waals surface area contributed by atoms with Crippen molar-refractivity contribution in [2.45, 2.75) is 47.8 Å². The zero-order chi connectivity index (χ0) is 20.7. The molecule has 1 rings (SSSR count). The van der Waals surface area contributed by atoms with E-state index in [2.05, 4.69) is 0 Å². The summed E-state index contributed by atoms with van der Waals surface area (Å²) in [5, 5.41) is 0. The van der Waals surface area contributed by atoms with Crippen molar-refractivity contribution < 1.29 is 75.0 Å². The van der Waals surface area contributed by atoms with Crippen LogP contribution in [0.5, 0.6) is 0 Å². The highest BCUT2D eigenvalue weighted by Gasteiger charge is 3.00. The van der Waals surface area contributed by atoms with Crippen LogP contribution in [0.1, 0.15) is 0 Å². The van der Waals surface area contributed by atoms with E-state index >= 15 is 0 Å². The zero-order valence-electron chi connectivity index (χ0n) is 10.5. The Kier molecular flexibility index (Phi) is 4.17. The first-order chi connectivity index (χ1) is 10.5. The Morgan fingerprint density at radius 1 is 0.520 bits per heavy atom. The van der Waals surface area contributed by atoms with E-state index in [9.17, 15) is 70.2 Å². The second-order valence-corrected chi connectivity index (χ2v) is 4.58. The Morgan fingerprint density at radius 2 is 0.880 bits per heavy atom. The lowest BCUT2D eigenvalue weighted by atomic mass is 9.92. The Balaban J connectivity index is 3.68. The standard InChI is InChI=1S/C8F16O/c9-1(10,4(15,16)7(20,21)22)2(11,12)6(19)3(13,14)5(17,18)8(23,24)25-6.